The summed E-state index contributed by atoms with van der Waals surface area (Å²) >= 11 is 0. The van der Waals surface area contributed by atoms with E-state index in [0.29, 0.717) is 6.08 Å². The molecule has 0 bridgehead atoms. The summed E-state index contributed by atoms with van der Waals surface area (Å²) in [6, 6.07) is 0. The van der Waals surface area contributed by atoms with E-state index in [9.17, 15) is 14.4 Å². The molecule has 0 aromatic rings. The summed E-state index contributed by atoms with van der Waals surface area (Å²) in [7, 11) is 0. The third kappa shape index (κ3) is 4.80. The first-order valence-corrected chi connectivity index (χ1v) is 4.31. The van der Waals surface area contributed by atoms with Crippen LogP contribution < -0.4 is 0 Å². The molecule has 1 N–H and O–H groups in total. The van der Waals surface area contributed by atoms with E-state index in [-0.39, 0.29) is 13.2 Å². The van der Waals surface area contributed by atoms with Crippen LogP contribution in [0.4, 0.5) is 0 Å². The van der Waals surface area contributed by atoms with Gasteiger partial charge >= 0.3 is 17.9 Å². The topological polar surface area (TPSA) is 89.9 Å². The van der Waals surface area contributed by atoms with E-state index in [0.717, 1.165) is 0 Å². The molecule has 0 radical (unpaired) electrons. The van der Waals surface area contributed by atoms with Gasteiger partial charge in [-0.3, -0.25) is 0 Å². The van der Waals surface area contributed by atoms with Crippen LogP contribution in [0.3, 0.4) is 0 Å². The zero-order valence-corrected chi connectivity index (χ0v) is 8.48. The number of carbonyl (C=O) groups is 3. The molecule has 0 aliphatic carbocycles. The molecule has 0 saturated carbocycles. The van der Waals surface area contributed by atoms with Crippen LogP contribution in [0, 0.1) is 0 Å². The van der Waals surface area contributed by atoms with Crippen molar-refractivity contribution in [1.82, 2.24) is 0 Å². The van der Waals surface area contributed by atoms with Crippen LogP contribution in [0.1, 0.15) is 13.8 Å². The number of esters is 2. The Hall–Kier alpha value is -1.85. The fraction of sp³-hybridized carbons (Fsp3) is 0.444. The molecule has 84 valence electrons. The van der Waals surface area contributed by atoms with Crippen LogP contribution in [0.15, 0.2) is 11.6 Å². The fourth-order valence-corrected chi connectivity index (χ4v) is 0.742. The van der Waals surface area contributed by atoms with Crippen LogP contribution >= 0.6 is 0 Å². The Morgan fingerprint density at radius 2 is 1.47 bits per heavy atom. The van der Waals surface area contributed by atoms with Crippen LogP contribution in [-0.4, -0.2) is 36.2 Å². The lowest BCUT2D eigenvalue weighted by atomic mass is 10.2. The van der Waals surface area contributed by atoms with Gasteiger partial charge in [-0.25, -0.2) is 14.4 Å². The minimum atomic E-state index is -1.41. The standard InChI is InChI=1S/C9H12O6/c1-3-14-8(12)6(5-7(10)11)9(13)15-4-2/h5H,3-4H2,1-2H3,(H,10,11). The van der Waals surface area contributed by atoms with E-state index >= 15 is 0 Å². The van der Waals surface area contributed by atoms with Crippen molar-refractivity contribution in [3.8, 4) is 0 Å². The molecule has 0 rings (SSSR count). The molecule has 0 spiro atoms. The van der Waals surface area contributed by atoms with Crippen molar-refractivity contribution in [2.45, 2.75) is 13.8 Å². The zero-order chi connectivity index (χ0) is 11.8. The summed E-state index contributed by atoms with van der Waals surface area (Å²) in [5.41, 5.74) is -0.619. The van der Waals surface area contributed by atoms with E-state index in [1.807, 2.05) is 0 Å². The maximum absolute atomic E-state index is 11.1. The molecule has 0 fully saturated rings. The number of carbonyl (C=O) groups excluding carboxylic acids is 2. The van der Waals surface area contributed by atoms with Gasteiger partial charge in [0.05, 0.1) is 13.2 Å². The first-order valence-electron chi connectivity index (χ1n) is 4.31. The van der Waals surface area contributed by atoms with Crippen LogP contribution in [0.5, 0.6) is 0 Å². The molecule has 0 aromatic carbocycles. The summed E-state index contributed by atoms with van der Waals surface area (Å²) in [4.78, 5) is 32.6. The maximum atomic E-state index is 11.1. The molecule has 0 aliphatic heterocycles. The Balaban J connectivity index is 4.81. The highest BCUT2D eigenvalue weighted by atomic mass is 16.6. The molecule has 0 saturated heterocycles. The third-order valence-electron chi connectivity index (χ3n) is 1.26. The molecular formula is C9H12O6. The van der Waals surface area contributed by atoms with E-state index < -0.39 is 23.5 Å². The van der Waals surface area contributed by atoms with Crippen LogP contribution in [0.25, 0.3) is 0 Å². The minimum Gasteiger partial charge on any atom is -0.478 e. The highest BCUT2D eigenvalue weighted by molar-refractivity contribution is 6.16. The Morgan fingerprint density at radius 3 is 1.73 bits per heavy atom. The molecule has 6 heteroatoms. The van der Waals surface area contributed by atoms with E-state index in [1.54, 1.807) is 13.8 Å². The Morgan fingerprint density at radius 1 is 1.07 bits per heavy atom. The minimum absolute atomic E-state index is 0.0508. The highest BCUT2D eigenvalue weighted by Crippen LogP contribution is 2.02. The van der Waals surface area contributed by atoms with Gasteiger partial charge in [0.1, 0.15) is 0 Å². The second kappa shape index (κ2) is 6.58. The van der Waals surface area contributed by atoms with Crippen LogP contribution in [-0.2, 0) is 23.9 Å². The van der Waals surface area contributed by atoms with Crippen LogP contribution in [0.2, 0.25) is 0 Å². The Labute approximate surface area is 86.5 Å². The molecule has 0 aliphatic rings. The summed E-state index contributed by atoms with van der Waals surface area (Å²) in [5.74, 6) is -3.41. The molecule has 0 aromatic heterocycles. The smallest absolute Gasteiger partial charge is 0.345 e. The van der Waals surface area contributed by atoms with Gasteiger partial charge in [0.25, 0.3) is 0 Å². The average Bonchev–Trinajstić information content (AvgIpc) is 2.14. The SMILES string of the molecule is CCOC(=O)C(=CC(=O)O)C(=O)OCC. The van der Waals surface area contributed by atoms with Crippen molar-refractivity contribution in [3.63, 3.8) is 0 Å². The summed E-state index contributed by atoms with van der Waals surface area (Å²) in [6.07, 6.45) is 0.468. The first kappa shape index (κ1) is 13.2. The number of carboxylic acid groups (broad SMARTS) is 1. The second-order valence-electron chi connectivity index (χ2n) is 2.34. The van der Waals surface area contributed by atoms with E-state index in [4.69, 9.17) is 5.11 Å². The van der Waals surface area contributed by atoms with Gasteiger partial charge in [-0.15, -0.1) is 0 Å². The maximum Gasteiger partial charge on any atom is 0.345 e. The van der Waals surface area contributed by atoms with Crippen molar-refractivity contribution in [3.05, 3.63) is 11.6 Å². The largest absolute Gasteiger partial charge is 0.478 e. The van der Waals surface area contributed by atoms with Crippen molar-refractivity contribution < 1.29 is 29.0 Å². The summed E-state index contributed by atoms with van der Waals surface area (Å²) < 4.78 is 9.00. The molecule has 0 amide bonds. The zero-order valence-electron chi connectivity index (χ0n) is 8.48. The predicted molar refractivity (Wildman–Crippen MR) is 49.0 cm³/mol. The molecule has 6 nitrogen and oxygen atoms in total. The monoisotopic (exact) mass is 216 g/mol. The third-order valence-corrected chi connectivity index (χ3v) is 1.26. The number of rotatable bonds is 5. The van der Waals surface area contributed by atoms with Crippen molar-refractivity contribution >= 4 is 17.9 Å². The Bertz CT molecular complexity index is 271. The highest BCUT2D eigenvalue weighted by Gasteiger charge is 2.22. The van der Waals surface area contributed by atoms with Gasteiger partial charge in [0.2, 0.25) is 0 Å². The lowest BCUT2D eigenvalue weighted by molar-refractivity contribution is -0.147. The summed E-state index contributed by atoms with van der Waals surface area (Å²) in [5, 5.41) is 8.43. The van der Waals surface area contributed by atoms with Gasteiger partial charge in [0.15, 0.2) is 5.57 Å². The number of carboxylic acids is 1. The number of aliphatic carboxylic acids is 1. The molecule has 0 atom stereocenters. The van der Waals surface area contributed by atoms with Gasteiger partial charge in [-0.05, 0) is 13.8 Å². The number of hydrogen-bond donors (Lipinski definition) is 1. The molecule has 0 heterocycles. The van der Waals surface area contributed by atoms with E-state index in [1.165, 1.54) is 0 Å². The normalized spacial score (nSPS) is 8.93. The quantitative estimate of drug-likeness (QED) is 0.304. The molecule has 0 unspecified atom stereocenters. The fourth-order valence-electron chi connectivity index (χ4n) is 0.742. The predicted octanol–water partition coefficient (Wildman–Crippen LogP) is 0.124. The number of ether oxygens (including phenoxy) is 2. The Kier molecular flexibility index (Phi) is 5.77. The van der Waals surface area contributed by atoms with Gasteiger partial charge in [0, 0.05) is 6.08 Å². The van der Waals surface area contributed by atoms with Crippen molar-refractivity contribution in [2.75, 3.05) is 13.2 Å². The average molecular weight is 216 g/mol. The first-order chi connectivity index (χ1) is 7.02. The van der Waals surface area contributed by atoms with E-state index in [2.05, 4.69) is 9.47 Å². The number of hydrogen-bond acceptors (Lipinski definition) is 5. The van der Waals surface area contributed by atoms with Crippen molar-refractivity contribution in [1.29, 1.82) is 0 Å². The van der Waals surface area contributed by atoms with Gasteiger partial charge in [-0.1, -0.05) is 0 Å². The van der Waals surface area contributed by atoms with Crippen molar-refractivity contribution in [2.24, 2.45) is 0 Å². The molecule has 15 heavy (non-hydrogen) atoms. The molecular weight excluding hydrogens is 204 g/mol. The van der Waals surface area contributed by atoms with Gasteiger partial charge in [-0.2, -0.15) is 0 Å². The van der Waals surface area contributed by atoms with Gasteiger partial charge < -0.3 is 14.6 Å². The lowest BCUT2D eigenvalue weighted by Gasteiger charge is -2.04. The second-order valence-corrected chi connectivity index (χ2v) is 2.34. The summed E-state index contributed by atoms with van der Waals surface area (Å²) in [6.45, 7) is 3.19. The lowest BCUT2D eigenvalue weighted by Crippen LogP contribution is -2.19.